The van der Waals surface area contributed by atoms with E-state index in [1.54, 1.807) is 0 Å². The molecule has 3 rings (SSSR count). The molecule has 1 saturated heterocycles. The van der Waals surface area contributed by atoms with Gasteiger partial charge in [0.15, 0.2) is 0 Å². The molecule has 1 aliphatic heterocycles. The number of nitrogens with zero attached hydrogens (tertiary/aromatic N) is 2. The molecule has 1 amide bonds. The molecule has 5 heteroatoms. The lowest BCUT2D eigenvalue weighted by atomic mass is 9.88. The number of hydrogen-bond acceptors (Lipinski definition) is 3. The lowest BCUT2D eigenvalue weighted by Crippen LogP contribution is -2.34. The number of carbonyl (C=O) groups excluding carboxylic acids is 1. The van der Waals surface area contributed by atoms with Crippen LogP contribution in [0.3, 0.4) is 0 Å². The molecule has 0 aliphatic carbocycles. The SMILES string of the molecule is Cc1nc2ccccc2n1CCNC(=O)CC1CCOC(C(C)C)C1. The Bertz CT molecular complexity index is 723. The maximum Gasteiger partial charge on any atom is 0.220 e. The van der Waals surface area contributed by atoms with E-state index in [9.17, 15) is 4.79 Å². The third kappa shape index (κ3) is 4.40. The number of aromatic nitrogens is 2. The Morgan fingerprint density at radius 3 is 3.00 bits per heavy atom. The van der Waals surface area contributed by atoms with Crippen LogP contribution in [-0.2, 0) is 16.1 Å². The van der Waals surface area contributed by atoms with Crippen LogP contribution in [0.15, 0.2) is 24.3 Å². The molecule has 25 heavy (non-hydrogen) atoms. The summed E-state index contributed by atoms with van der Waals surface area (Å²) in [7, 11) is 0. The molecule has 136 valence electrons. The molecule has 1 aromatic heterocycles. The van der Waals surface area contributed by atoms with Crippen molar-refractivity contribution in [2.45, 2.75) is 52.7 Å². The van der Waals surface area contributed by atoms with E-state index < -0.39 is 0 Å². The number of aryl methyl sites for hydroxylation is 1. The van der Waals surface area contributed by atoms with Crippen molar-refractivity contribution < 1.29 is 9.53 Å². The van der Waals surface area contributed by atoms with Gasteiger partial charge in [0.05, 0.1) is 17.1 Å². The number of ether oxygens (including phenoxy) is 1. The predicted octanol–water partition coefficient (Wildman–Crippen LogP) is 3.30. The highest BCUT2D eigenvalue weighted by molar-refractivity contribution is 5.77. The normalized spacial score (nSPS) is 21.0. The minimum absolute atomic E-state index is 0.150. The van der Waals surface area contributed by atoms with Crippen molar-refractivity contribution in [1.29, 1.82) is 0 Å². The molecule has 2 heterocycles. The molecule has 0 saturated carbocycles. The van der Waals surface area contributed by atoms with Gasteiger partial charge in [-0.1, -0.05) is 26.0 Å². The molecule has 1 aliphatic rings. The maximum absolute atomic E-state index is 12.3. The van der Waals surface area contributed by atoms with Crippen molar-refractivity contribution in [3.8, 4) is 0 Å². The van der Waals surface area contributed by atoms with Gasteiger partial charge in [-0.15, -0.1) is 0 Å². The van der Waals surface area contributed by atoms with Gasteiger partial charge >= 0.3 is 0 Å². The van der Waals surface area contributed by atoms with E-state index in [2.05, 4.69) is 34.8 Å². The molecule has 1 fully saturated rings. The molecular formula is C20H29N3O2. The van der Waals surface area contributed by atoms with Gasteiger partial charge in [-0.05, 0) is 43.7 Å². The summed E-state index contributed by atoms with van der Waals surface area (Å²) in [4.78, 5) is 16.9. The zero-order valence-electron chi connectivity index (χ0n) is 15.5. The molecule has 5 nitrogen and oxygen atoms in total. The molecule has 0 bridgehead atoms. The lowest BCUT2D eigenvalue weighted by molar-refractivity contribution is -0.123. The Morgan fingerprint density at radius 1 is 1.40 bits per heavy atom. The van der Waals surface area contributed by atoms with Gasteiger partial charge in [-0.2, -0.15) is 0 Å². The largest absolute Gasteiger partial charge is 0.378 e. The van der Waals surface area contributed by atoms with E-state index in [1.165, 1.54) is 0 Å². The van der Waals surface area contributed by atoms with E-state index >= 15 is 0 Å². The summed E-state index contributed by atoms with van der Waals surface area (Å²) < 4.78 is 7.96. The number of carbonyl (C=O) groups is 1. The third-order valence-electron chi connectivity index (χ3n) is 5.14. The van der Waals surface area contributed by atoms with Crippen LogP contribution >= 0.6 is 0 Å². The number of rotatable bonds is 6. The van der Waals surface area contributed by atoms with Crippen LogP contribution in [0.2, 0.25) is 0 Å². The summed E-state index contributed by atoms with van der Waals surface area (Å²) in [5.74, 6) is 2.09. The fourth-order valence-electron chi connectivity index (χ4n) is 3.67. The molecular weight excluding hydrogens is 314 g/mol. The number of imidazole rings is 1. The highest BCUT2D eigenvalue weighted by atomic mass is 16.5. The number of fused-ring (bicyclic) bond motifs is 1. The van der Waals surface area contributed by atoms with Crippen LogP contribution in [0.4, 0.5) is 0 Å². The topological polar surface area (TPSA) is 56.2 Å². The number of hydrogen-bond donors (Lipinski definition) is 1. The first kappa shape index (κ1) is 17.9. The van der Waals surface area contributed by atoms with Crippen LogP contribution in [0.1, 0.15) is 38.9 Å². The number of amides is 1. The van der Waals surface area contributed by atoms with Gasteiger partial charge in [0.25, 0.3) is 0 Å². The first-order valence-corrected chi connectivity index (χ1v) is 9.34. The maximum atomic E-state index is 12.3. The zero-order valence-corrected chi connectivity index (χ0v) is 15.5. The minimum Gasteiger partial charge on any atom is -0.378 e. The van der Waals surface area contributed by atoms with Crippen molar-refractivity contribution in [3.05, 3.63) is 30.1 Å². The molecule has 2 unspecified atom stereocenters. The monoisotopic (exact) mass is 343 g/mol. The van der Waals surface area contributed by atoms with Gasteiger partial charge < -0.3 is 14.6 Å². The van der Waals surface area contributed by atoms with Gasteiger partial charge in [0.1, 0.15) is 5.82 Å². The number of para-hydroxylation sites is 2. The zero-order chi connectivity index (χ0) is 17.8. The molecule has 1 N–H and O–H groups in total. The molecule has 2 atom stereocenters. The first-order chi connectivity index (χ1) is 12.0. The average Bonchev–Trinajstić information content (AvgIpc) is 2.91. The van der Waals surface area contributed by atoms with Gasteiger partial charge in [0.2, 0.25) is 5.91 Å². The Balaban J connectivity index is 1.48. The van der Waals surface area contributed by atoms with Crippen LogP contribution in [0.5, 0.6) is 0 Å². The lowest BCUT2D eigenvalue weighted by Gasteiger charge is -2.31. The summed E-state index contributed by atoms with van der Waals surface area (Å²) in [5, 5.41) is 3.08. The van der Waals surface area contributed by atoms with Crippen molar-refractivity contribution >= 4 is 16.9 Å². The van der Waals surface area contributed by atoms with Gasteiger partial charge in [-0.3, -0.25) is 4.79 Å². The Kier molecular flexibility index (Phi) is 5.74. The van der Waals surface area contributed by atoms with Crippen molar-refractivity contribution in [2.75, 3.05) is 13.2 Å². The Morgan fingerprint density at radius 2 is 2.20 bits per heavy atom. The molecule has 2 aromatic rings. The van der Waals surface area contributed by atoms with E-state index in [-0.39, 0.29) is 5.91 Å². The van der Waals surface area contributed by atoms with E-state index in [0.717, 1.165) is 42.9 Å². The minimum atomic E-state index is 0.150. The van der Waals surface area contributed by atoms with Crippen LogP contribution in [0.25, 0.3) is 11.0 Å². The molecule has 0 radical (unpaired) electrons. The summed E-state index contributed by atoms with van der Waals surface area (Å²) >= 11 is 0. The summed E-state index contributed by atoms with van der Waals surface area (Å²) in [6, 6.07) is 8.12. The summed E-state index contributed by atoms with van der Waals surface area (Å²) in [5.41, 5.74) is 2.13. The van der Waals surface area contributed by atoms with Gasteiger partial charge in [0, 0.05) is 26.1 Å². The third-order valence-corrected chi connectivity index (χ3v) is 5.14. The smallest absolute Gasteiger partial charge is 0.220 e. The van der Waals surface area contributed by atoms with E-state index in [4.69, 9.17) is 4.74 Å². The fourth-order valence-corrected chi connectivity index (χ4v) is 3.67. The Hall–Kier alpha value is -1.88. The van der Waals surface area contributed by atoms with Gasteiger partial charge in [-0.25, -0.2) is 4.98 Å². The highest BCUT2D eigenvalue weighted by Gasteiger charge is 2.26. The second kappa shape index (κ2) is 8.00. The van der Waals surface area contributed by atoms with Crippen LogP contribution in [0, 0.1) is 18.8 Å². The van der Waals surface area contributed by atoms with E-state index in [0.29, 0.717) is 30.9 Å². The quantitative estimate of drug-likeness (QED) is 0.875. The predicted molar refractivity (Wildman–Crippen MR) is 99.4 cm³/mol. The second-order valence-corrected chi connectivity index (χ2v) is 7.40. The van der Waals surface area contributed by atoms with Crippen molar-refractivity contribution in [1.82, 2.24) is 14.9 Å². The first-order valence-electron chi connectivity index (χ1n) is 9.34. The summed E-state index contributed by atoms with van der Waals surface area (Å²) in [6.07, 6.45) is 2.89. The number of nitrogens with one attached hydrogen (secondary N) is 1. The second-order valence-electron chi connectivity index (χ2n) is 7.40. The highest BCUT2D eigenvalue weighted by Crippen LogP contribution is 2.27. The fraction of sp³-hybridized carbons (Fsp3) is 0.600. The summed E-state index contributed by atoms with van der Waals surface area (Å²) in [6.45, 7) is 8.55. The van der Waals surface area contributed by atoms with Crippen LogP contribution in [-0.4, -0.2) is 34.7 Å². The Labute approximate surface area is 149 Å². The number of benzene rings is 1. The van der Waals surface area contributed by atoms with Crippen LogP contribution < -0.4 is 5.32 Å². The molecule has 0 spiro atoms. The van der Waals surface area contributed by atoms with Crippen molar-refractivity contribution in [3.63, 3.8) is 0 Å². The molecule has 1 aromatic carbocycles. The van der Waals surface area contributed by atoms with Crippen molar-refractivity contribution in [2.24, 2.45) is 11.8 Å². The standard InChI is InChI=1S/C20H29N3O2/c1-14(2)19-12-16(8-11-25-19)13-20(24)21-9-10-23-15(3)22-17-6-4-5-7-18(17)23/h4-7,14,16,19H,8-13H2,1-3H3,(H,21,24). The van der Waals surface area contributed by atoms with E-state index in [1.807, 2.05) is 25.1 Å². The average molecular weight is 343 g/mol.